The molecule has 0 aliphatic heterocycles. The highest BCUT2D eigenvalue weighted by Gasteiger charge is 2.12. The number of halogens is 1. The highest BCUT2D eigenvalue weighted by atomic mass is 35.5. The molecule has 2 aromatic rings. The first-order valence-corrected chi connectivity index (χ1v) is 5.39. The van der Waals surface area contributed by atoms with Crippen molar-refractivity contribution in [3.8, 4) is 0 Å². The molecule has 0 spiro atoms. The van der Waals surface area contributed by atoms with Gasteiger partial charge in [0.2, 0.25) is 0 Å². The van der Waals surface area contributed by atoms with E-state index in [2.05, 4.69) is 34.7 Å². The Hall–Kier alpha value is -1.02. The minimum absolute atomic E-state index is 0.714. The van der Waals surface area contributed by atoms with E-state index in [1.165, 1.54) is 16.9 Å². The van der Waals surface area contributed by atoms with Crippen molar-refractivity contribution in [2.24, 2.45) is 0 Å². The van der Waals surface area contributed by atoms with Crippen LogP contribution in [0.3, 0.4) is 0 Å². The molecule has 0 saturated carbocycles. The van der Waals surface area contributed by atoms with Gasteiger partial charge in [0.1, 0.15) is 0 Å². The second kappa shape index (κ2) is 4.01. The molecule has 1 aromatic heterocycles. The first kappa shape index (κ1) is 9.53. The molecule has 1 N–H and O–H groups in total. The fraction of sp³-hybridized carbons (Fsp3) is 0.364. The lowest BCUT2D eigenvalue weighted by molar-refractivity contribution is -0.677. The molecular weight excluding hydrogens is 196 g/mol. The number of alkyl halides is 1. The number of para-hydroxylation sites is 2. The van der Waals surface area contributed by atoms with Crippen LogP contribution in [0.25, 0.3) is 11.0 Å². The molecule has 0 aliphatic rings. The SMILES string of the molecule is Cc1[nH]c2ccccc2[n+]1CCCCl. The number of nitrogens with zero attached hydrogens (tertiary/aromatic N) is 1. The van der Waals surface area contributed by atoms with E-state index in [0.717, 1.165) is 13.0 Å². The van der Waals surface area contributed by atoms with E-state index < -0.39 is 0 Å². The largest absolute Gasteiger partial charge is 0.251 e. The maximum atomic E-state index is 5.70. The molecule has 0 radical (unpaired) electrons. The van der Waals surface area contributed by atoms with Crippen LogP contribution in [-0.4, -0.2) is 10.9 Å². The van der Waals surface area contributed by atoms with Gasteiger partial charge in [-0.05, 0) is 18.6 Å². The summed E-state index contributed by atoms with van der Waals surface area (Å²) >= 11 is 5.70. The van der Waals surface area contributed by atoms with Gasteiger partial charge in [0, 0.05) is 12.8 Å². The Morgan fingerprint density at radius 2 is 2.14 bits per heavy atom. The zero-order chi connectivity index (χ0) is 9.97. The van der Waals surface area contributed by atoms with Crippen molar-refractivity contribution in [3.05, 3.63) is 30.1 Å². The number of aromatic nitrogens is 2. The van der Waals surface area contributed by atoms with Crippen LogP contribution in [-0.2, 0) is 6.54 Å². The predicted molar refractivity (Wildman–Crippen MR) is 58.6 cm³/mol. The van der Waals surface area contributed by atoms with Crippen LogP contribution in [0.2, 0.25) is 0 Å². The monoisotopic (exact) mass is 209 g/mol. The molecule has 14 heavy (non-hydrogen) atoms. The van der Waals surface area contributed by atoms with Crippen LogP contribution >= 0.6 is 11.6 Å². The Balaban J connectivity index is 2.45. The summed E-state index contributed by atoms with van der Waals surface area (Å²) < 4.78 is 2.28. The van der Waals surface area contributed by atoms with Gasteiger partial charge >= 0.3 is 0 Å². The van der Waals surface area contributed by atoms with Crippen LogP contribution in [0.1, 0.15) is 12.2 Å². The smallest absolute Gasteiger partial charge is 0.241 e. The van der Waals surface area contributed by atoms with E-state index in [4.69, 9.17) is 11.6 Å². The second-order valence-corrected chi connectivity index (χ2v) is 3.80. The normalized spacial score (nSPS) is 11.0. The third kappa shape index (κ3) is 1.62. The fourth-order valence-electron chi connectivity index (χ4n) is 1.76. The quantitative estimate of drug-likeness (QED) is 0.592. The lowest BCUT2D eigenvalue weighted by Gasteiger charge is -1.96. The summed E-state index contributed by atoms with van der Waals surface area (Å²) in [5, 5.41) is 0. The number of H-pyrrole nitrogens is 1. The number of fused-ring (bicyclic) bond motifs is 1. The number of aromatic amines is 1. The summed E-state index contributed by atoms with van der Waals surface area (Å²) in [5.41, 5.74) is 2.45. The maximum Gasteiger partial charge on any atom is 0.251 e. The molecule has 2 rings (SSSR count). The highest BCUT2D eigenvalue weighted by Crippen LogP contribution is 2.08. The van der Waals surface area contributed by atoms with Crippen molar-refractivity contribution >= 4 is 22.6 Å². The number of imidazole rings is 1. The van der Waals surface area contributed by atoms with E-state index in [1.807, 2.05) is 6.07 Å². The first-order valence-electron chi connectivity index (χ1n) is 4.86. The molecule has 0 fully saturated rings. The summed E-state index contributed by atoms with van der Waals surface area (Å²) in [6.07, 6.45) is 1.01. The molecule has 2 nitrogen and oxygen atoms in total. The summed E-state index contributed by atoms with van der Waals surface area (Å²) in [7, 11) is 0. The third-order valence-corrected chi connectivity index (χ3v) is 2.70. The van der Waals surface area contributed by atoms with Gasteiger partial charge in [-0.25, -0.2) is 9.55 Å². The van der Waals surface area contributed by atoms with Crippen molar-refractivity contribution in [1.82, 2.24) is 4.98 Å². The van der Waals surface area contributed by atoms with Crippen LogP contribution in [0, 0.1) is 6.92 Å². The lowest BCUT2D eigenvalue weighted by Crippen LogP contribution is -2.35. The Labute approximate surface area is 88.5 Å². The van der Waals surface area contributed by atoms with Gasteiger partial charge in [-0.3, -0.25) is 0 Å². The Kier molecular flexibility index (Phi) is 2.73. The van der Waals surface area contributed by atoms with Crippen molar-refractivity contribution in [2.75, 3.05) is 5.88 Å². The molecule has 0 atom stereocenters. The average Bonchev–Trinajstić information content (AvgIpc) is 2.51. The molecule has 0 unspecified atom stereocenters. The molecule has 1 heterocycles. The van der Waals surface area contributed by atoms with Crippen LogP contribution in [0.15, 0.2) is 24.3 Å². The molecule has 3 heteroatoms. The number of benzene rings is 1. The zero-order valence-electron chi connectivity index (χ0n) is 8.26. The Bertz CT molecular complexity index is 434. The van der Waals surface area contributed by atoms with Crippen molar-refractivity contribution in [2.45, 2.75) is 19.9 Å². The van der Waals surface area contributed by atoms with E-state index in [-0.39, 0.29) is 0 Å². The van der Waals surface area contributed by atoms with Gasteiger partial charge in [-0.15, -0.1) is 11.6 Å². The summed E-state index contributed by atoms with van der Waals surface area (Å²) in [5.74, 6) is 1.91. The summed E-state index contributed by atoms with van der Waals surface area (Å²) in [6, 6.07) is 8.34. The van der Waals surface area contributed by atoms with Crippen molar-refractivity contribution < 1.29 is 4.57 Å². The number of rotatable bonds is 3. The molecule has 0 aliphatic carbocycles. The standard InChI is InChI=1S/C11H13ClN2/c1-9-13-10-5-2-3-6-11(10)14(9)8-4-7-12/h2-3,5-6H,4,7-8H2,1H3/p+1. The summed E-state index contributed by atoms with van der Waals surface area (Å²) in [6.45, 7) is 3.08. The number of hydrogen-bond donors (Lipinski definition) is 1. The topological polar surface area (TPSA) is 19.7 Å². The molecule has 0 bridgehead atoms. The maximum absolute atomic E-state index is 5.70. The van der Waals surface area contributed by atoms with Gasteiger partial charge in [-0.1, -0.05) is 12.1 Å². The van der Waals surface area contributed by atoms with E-state index in [0.29, 0.717) is 5.88 Å². The van der Waals surface area contributed by atoms with E-state index >= 15 is 0 Å². The predicted octanol–water partition coefficient (Wildman–Crippen LogP) is 2.39. The van der Waals surface area contributed by atoms with Gasteiger partial charge < -0.3 is 0 Å². The minimum atomic E-state index is 0.714. The van der Waals surface area contributed by atoms with Gasteiger partial charge in [-0.2, -0.15) is 0 Å². The lowest BCUT2D eigenvalue weighted by atomic mass is 10.3. The third-order valence-electron chi connectivity index (χ3n) is 2.43. The molecule has 0 amide bonds. The van der Waals surface area contributed by atoms with Gasteiger partial charge in [0.15, 0.2) is 11.0 Å². The summed E-state index contributed by atoms with van der Waals surface area (Å²) in [4.78, 5) is 3.36. The van der Waals surface area contributed by atoms with E-state index in [1.54, 1.807) is 0 Å². The molecular formula is C11H14ClN2+. The van der Waals surface area contributed by atoms with Crippen LogP contribution < -0.4 is 4.57 Å². The van der Waals surface area contributed by atoms with Gasteiger partial charge in [0.25, 0.3) is 5.82 Å². The molecule has 1 aromatic carbocycles. The van der Waals surface area contributed by atoms with Crippen LogP contribution in [0.5, 0.6) is 0 Å². The van der Waals surface area contributed by atoms with Crippen LogP contribution in [0.4, 0.5) is 0 Å². The fourth-order valence-corrected chi connectivity index (χ4v) is 1.88. The Morgan fingerprint density at radius 1 is 1.36 bits per heavy atom. The van der Waals surface area contributed by atoms with Gasteiger partial charge in [0.05, 0.1) is 6.54 Å². The number of aryl methyl sites for hydroxylation is 2. The minimum Gasteiger partial charge on any atom is -0.241 e. The number of nitrogens with one attached hydrogen (secondary N) is 1. The average molecular weight is 210 g/mol. The molecule has 0 saturated heterocycles. The first-order chi connectivity index (χ1) is 6.83. The van der Waals surface area contributed by atoms with E-state index in [9.17, 15) is 0 Å². The zero-order valence-corrected chi connectivity index (χ0v) is 9.01. The number of hydrogen-bond acceptors (Lipinski definition) is 0. The highest BCUT2D eigenvalue weighted by molar-refractivity contribution is 6.17. The van der Waals surface area contributed by atoms with Crippen molar-refractivity contribution in [3.63, 3.8) is 0 Å². The Morgan fingerprint density at radius 3 is 2.93 bits per heavy atom. The second-order valence-electron chi connectivity index (χ2n) is 3.42. The van der Waals surface area contributed by atoms with Crippen molar-refractivity contribution in [1.29, 1.82) is 0 Å². The molecule has 74 valence electrons.